The van der Waals surface area contributed by atoms with Gasteiger partial charge in [0, 0.05) is 23.0 Å². The number of aliphatic hydroxyl groups is 2. The summed E-state index contributed by atoms with van der Waals surface area (Å²) in [5, 5.41) is 18.2. The van der Waals surface area contributed by atoms with Crippen LogP contribution in [-0.4, -0.2) is 42.7 Å². The molecule has 0 aromatic carbocycles. The highest BCUT2D eigenvalue weighted by Gasteiger charge is 2.39. The number of thioether (sulfide) groups is 1. The largest absolute Gasteiger partial charge is 0.394 e. The molecule has 84 valence electrons. The van der Waals surface area contributed by atoms with Crippen LogP contribution in [0.4, 0.5) is 0 Å². The van der Waals surface area contributed by atoms with Crippen molar-refractivity contribution in [1.82, 2.24) is 0 Å². The number of hydrogen-bond donors (Lipinski definition) is 2. The van der Waals surface area contributed by atoms with Gasteiger partial charge in [0.05, 0.1) is 16.8 Å². The molecular weight excluding hydrogens is 220 g/mol. The number of hydrogen-bond acceptors (Lipinski definition) is 4. The normalized spacial score (nSPS) is 35.5. The molecule has 0 aliphatic carbocycles. The van der Waals surface area contributed by atoms with E-state index in [1.165, 1.54) is 0 Å². The molecule has 0 saturated carbocycles. The van der Waals surface area contributed by atoms with Crippen molar-refractivity contribution in [2.45, 2.75) is 36.4 Å². The van der Waals surface area contributed by atoms with E-state index in [-0.39, 0.29) is 10.7 Å². The summed E-state index contributed by atoms with van der Waals surface area (Å²) in [6.45, 7) is 1.76. The van der Waals surface area contributed by atoms with Gasteiger partial charge in [-0.05, 0) is 18.6 Å². The molecule has 1 aliphatic rings. The average molecular weight is 238 g/mol. The molecule has 0 aromatic rings. The summed E-state index contributed by atoms with van der Waals surface area (Å²) in [4.78, 5) is 0. The Bertz CT molecular complexity index is 210. The van der Waals surface area contributed by atoms with Crippen LogP contribution in [0.2, 0.25) is 0 Å². The van der Waals surface area contributed by atoms with Crippen LogP contribution in [0.5, 0.6) is 0 Å². The van der Waals surface area contributed by atoms with Gasteiger partial charge in [0.25, 0.3) is 0 Å². The number of rotatable bonds is 4. The van der Waals surface area contributed by atoms with Crippen molar-refractivity contribution < 1.29 is 14.4 Å². The van der Waals surface area contributed by atoms with Gasteiger partial charge in [-0.15, -0.1) is 11.8 Å². The van der Waals surface area contributed by atoms with E-state index in [2.05, 4.69) is 0 Å². The second-order valence-electron chi connectivity index (χ2n) is 3.56. The molecular formula is C9H18O3S2. The predicted molar refractivity (Wildman–Crippen MR) is 60.8 cm³/mol. The molecule has 0 bridgehead atoms. The van der Waals surface area contributed by atoms with E-state index in [1.807, 2.05) is 6.92 Å². The van der Waals surface area contributed by atoms with Crippen molar-refractivity contribution >= 4 is 22.6 Å². The molecule has 1 heterocycles. The molecule has 14 heavy (non-hydrogen) atoms. The lowest BCUT2D eigenvalue weighted by Crippen LogP contribution is -2.39. The van der Waals surface area contributed by atoms with Crippen LogP contribution in [0.3, 0.4) is 0 Å². The van der Waals surface area contributed by atoms with Crippen molar-refractivity contribution in [2.75, 3.05) is 18.1 Å². The smallest absolute Gasteiger partial charge is 0.0931 e. The maximum absolute atomic E-state index is 11.9. The molecule has 0 amide bonds. The standard InChI is InChI=1S/C9H18O3S2/c1-2-9(6-8(11)7-10)13-4-3-5-14(9)12/h8,10-11H,2-7H2,1H3/t8-,9+,14?/m1/s1. The summed E-state index contributed by atoms with van der Waals surface area (Å²) in [5.74, 6) is 1.75. The van der Waals surface area contributed by atoms with Gasteiger partial charge < -0.3 is 10.2 Å². The topological polar surface area (TPSA) is 57.5 Å². The van der Waals surface area contributed by atoms with Gasteiger partial charge in [0.15, 0.2) is 0 Å². The van der Waals surface area contributed by atoms with Crippen molar-refractivity contribution in [3.05, 3.63) is 0 Å². The zero-order chi connectivity index (χ0) is 10.6. The van der Waals surface area contributed by atoms with Gasteiger partial charge in [-0.2, -0.15) is 0 Å². The minimum Gasteiger partial charge on any atom is -0.394 e. The molecule has 3 atom stereocenters. The highest BCUT2D eigenvalue weighted by Crippen LogP contribution is 2.41. The fourth-order valence-corrected chi connectivity index (χ4v) is 5.55. The van der Waals surface area contributed by atoms with Crippen molar-refractivity contribution in [3.8, 4) is 0 Å². The van der Waals surface area contributed by atoms with E-state index in [4.69, 9.17) is 5.11 Å². The lowest BCUT2D eigenvalue weighted by atomic mass is 10.1. The highest BCUT2D eigenvalue weighted by atomic mass is 32.2. The third-order valence-corrected chi connectivity index (χ3v) is 6.88. The second kappa shape index (κ2) is 5.49. The van der Waals surface area contributed by atoms with Gasteiger partial charge in [-0.25, -0.2) is 0 Å². The molecule has 0 radical (unpaired) electrons. The maximum Gasteiger partial charge on any atom is 0.0931 e. The lowest BCUT2D eigenvalue weighted by Gasteiger charge is -2.36. The third kappa shape index (κ3) is 2.72. The van der Waals surface area contributed by atoms with Gasteiger partial charge >= 0.3 is 0 Å². The average Bonchev–Trinajstić information content (AvgIpc) is 2.21. The Labute approximate surface area is 91.7 Å². The minimum absolute atomic E-state index is 0.237. The van der Waals surface area contributed by atoms with E-state index >= 15 is 0 Å². The van der Waals surface area contributed by atoms with E-state index in [1.54, 1.807) is 11.8 Å². The Kier molecular flexibility index (Phi) is 4.90. The molecule has 0 spiro atoms. The van der Waals surface area contributed by atoms with Crippen LogP contribution in [0, 0.1) is 0 Å². The van der Waals surface area contributed by atoms with Gasteiger partial charge in [0.1, 0.15) is 0 Å². The second-order valence-corrected chi connectivity index (χ2v) is 7.17. The molecule has 1 fully saturated rings. The third-order valence-electron chi connectivity index (χ3n) is 2.55. The zero-order valence-corrected chi connectivity index (χ0v) is 10.1. The Morgan fingerprint density at radius 3 is 2.86 bits per heavy atom. The first kappa shape index (κ1) is 12.5. The van der Waals surface area contributed by atoms with Crippen molar-refractivity contribution in [1.29, 1.82) is 0 Å². The SMILES string of the molecule is CC[C@]1(C[C@@H](O)CO)SCCCS1=O. The Hall–Kier alpha value is 0.420. The van der Waals surface area contributed by atoms with Crippen LogP contribution in [0.15, 0.2) is 0 Å². The summed E-state index contributed by atoms with van der Waals surface area (Å²) in [7, 11) is -0.867. The van der Waals surface area contributed by atoms with E-state index in [0.29, 0.717) is 6.42 Å². The summed E-state index contributed by atoms with van der Waals surface area (Å²) < 4.78 is 11.6. The zero-order valence-electron chi connectivity index (χ0n) is 8.44. The van der Waals surface area contributed by atoms with Crippen molar-refractivity contribution in [2.24, 2.45) is 0 Å². The minimum atomic E-state index is -0.867. The van der Waals surface area contributed by atoms with Crippen LogP contribution in [-0.2, 0) is 10.8 Å². The first-order chi connectivity index (χ1) is 6.64. The molecule has 1 rings (SSSR count). The maximum atomic E-state index is 11.9. The molecule has 1 saturated heterocycles. The lowest BCUT2D eigenvalue weighted by molar-refractivity contribution is 0.0851. The Balaban J connectivity index is 2.67. The highest BCUT2D eigenvalue weighted by molar-refractivity contribution is 8.13. The fraction of sp³-hybridized carbons (Fsp3) is 1.00. The molecule has 2 N–H and O–H groups in total. The van der Waals surface area contributed by atoms with E-state index in [0.717, 1.165) is 24.3 Å². The van der Waals surface area contributed by atoms with E-state index < -0.39 is 16.9 Å². The Morgan fingerprint density at radius 2 is 2.36 bits per heavy atom. The van der Waals surface area contributed by atoms with Crippen LogP contribution in [0.1, 0.15) is 26.2 Å². The quantitative estimate of drug-likeness (QED) is 0.758. The van der Waals surface area contributed by atoms with Gasteiger partial charge in [-0.3, -0.25) is 4.21 Å². The summed E-state index contributed by atoms with van der Waals surface area (Å²) in [6.07, 6.45) is 1.50. The van der Waals surface area contributed by atoms with Crippen LogP contribution < -0.4 is 0 Å². The first-order valence-electron chi connectivity index (χ1n) is 4.96. The van der Waals surface area contributed by atoms with Crippen molar-refractivity contribution in [3.63, 3.8) is 0 Å². The summed E-state index contributed by atoms with van der Waals surface area (Å²) >= 11 is 1.69. The fourth-order valence-electron chi connectivity index (χ4n) is 1.68. The molecule has 0 aromatic heterocycles. The van der Waals surface area contributed by atoms with Gasteiger partial charge in [-0.1, -0.05) is 6.92 Å². The summed E-state index contributed by atoms with van der Waals surface area (Å²) in [5.41, 5.74) is 0. The van der Waals surface area contributed by atoms with Crippen LogP contribution in [0.25, 0.3) is 0 Å². The van der Waals surface area contributed by atoms with E-state index in [9.17, 15) is 9.32 Å². The van der Waals surface area contributed by atoms with Crippen LogP contribution >= 0.6 is 11.8 Å². The monoisotopic (exact) mass is 238 g/mol. The number of aliphatic hydroxyl groups excluding tert-OH is 2. The molecule has 1 aliphatic heterocycles. The first-order valence-corrected chi connectivity index (χ1v) is 7.26. The summed E-state index contributed by atoms with van der Waals surface area (Å²) in [6, 6.07) is 0. The molecule has 5 heteroatoms. The molecule has 3 nitrogen and oxygen atoms in total. The molecule has 1 unspecified atom stereocenters. The Morgan fingerprint density at radius 1 is 1.64 bits per heavy atom. The predicted octanol–water partition coefficient (Wildman–Crippen LogP) is 0.722. The van der Waals surface area contributed by atoms with Gasteiger partial charge in [0.2, 0.25) is 0 Å².